The fourth-order valence-corrected chi connectivity index (χ4v) is 2.36. The van der Waals surface area contributed by atoms with E-state index in [1.165, 1.54) is 12.1 Å². The molecule has 1 aromatic carbocycles. The summed E-state index contributed by atoms with van der Waals surface area (Å²) in [4.78, 5) is 0. The Kier molecular flexibility index (Phi) is 5.81. The van der Waals surface area contributed by atoms with Crippen LogP contribution in [0.3, 0.4) is 0 Å². The maximum absolute atomic E-state index is 11.9. The third kappa shape index (κ3) is 6.76. The molecule has 0 aliphatic rings. The molecule has 18 heavy (non-hydrogen) atoms. The number of thioether (sulfide) groups is 1. The number of ether oxygens (including phenoxy) is 1. The minimum absolute atomic E-state index is 0.181. The summed E-state index contributed by atoms with van der Waals surface area (Å²) in [6, 6.07) is 6.11. The van der Waals surface area contributed by atoms with Gasteiger partial charge in [-0.2, -0.15) is 11.8 Å². The van der Waals surface area contributed by atoms with Gasteiger partial charge in [0.05, 0.1) is 0 Å². The summed E-state index contributed by atoms with van der Waals surface area (Å²) in [5.41, 5.74) is 6.59. The van der Waals surface area contributed by atoms with Gasteiger partial charge in [0, 0.05) is 11.8 Å². The molecule has 0 aromatic heterocycles. The van der Waals surface area contributed by atoms with Gasteiger partial charge in [-0.05, 0) is 36.8 Å². The monoisotopic (exact) mass is 279 g/mol. The fraction of sp³-hybridized carbons (Fsp3) is 0.500. The molecule has 0 aliphatic carbocycles. The van der Waals surface area contributed by atoms with E-state index in [9.17, 15) is 13.2 Å². The van der Waals surface area contributed by atoms with Gasteiger partial charge in [0.25, 0.3) is 0 Å². The highest BCUT2D eigenvalue weighted by Gasteiger charge is 2.30. The van der Waals surface area contributed by atoms with Crippen molar-refractivity contribution in [3.63, 3.8) is 0 Å². The van der Waals surface area contributed by atoms with Crippen LogP contribution in [-0.4, -0.2) is 18.2 Å². The number of halogens is 3. The van der Waals surface area contributed by atoms with E-state index < -0.39 is 6.36 Å². The zero-order valence-electron chi connectivity index (χ0n) is 10.0. The molecule has 0 aliphatic heterocycles. The van der Waals surface area contributed by atoms with Crippen LogP contribution in [0.5, 0.6) is 5.75 Å². The quantitative estimate of drug-likeness (QED) is 0.809. The van der Waals surface area contributed by atoms with Crippen LogP contribution in [0.2, 0.25) is 0 Å². The Labute approximate surface area is 109 Å². The second-order valence-corrected chi connectivity index (χ2v) is 5.12. The van der Waals surface area contributed by atoms with Crippen LogP contribution in [0.1, 0.15) is 18.9 Å². The SMILES string of the molecule is CC(N)CCSCc1ccc(OC(F)(F)F)cc1. The highest BCUT2D eigenvalue weighted by Crippen LogP contribution is 2.23. The molecular formula is C12H16F3NOS. The van der Waals surface area contributed by atoms with Gasteiger partial charge in [0.1, 0.15) is 5.75 Å². The van der Waals surface area contributed by atoms with E-state index in [2.05, 4.69) is 4.74 Å². The van der Waals surface area contributed by atoms with Crippen molar-refractivity contribution in [2.75, 3.05) is 5.75 Å². The Morgan fingerprint density at radius 3 is 2.39 bits per heavy atom. The second-order valence-electron chi connectivity index (χ2n) is 4.01. The molecule has 1 rings (SSSR count). The van der Waals surface area contributed by atoms with Gasteiger partial charge >= 0.3 is 6.36 Å². The van der Waals surface area contributed by atoms with Crippen LogP contribution in [0.4, 0.5) is 13.2 Å². The summed E-state index contributed by atoms with van der Waals surface area (Å²) in [6.07, 6.45) is -3.70. The predicted octanol–water partition coefficient (Wildman–Crippen LogP) is 3.56. The lowest BCUT2D eigenvalue weighted by Gasteiger charge is -2.09. The summed E-state index contributed by atoms with van der Waals surface area (Å²) in [5.74, 6) is 1.52. The minimum Gasteiger partial charge on any atom is -0.406 e. The molecule has 0 fully saturated rings. The van der Waals surface area contributed by atoms with Gasteiger partial charge in [-0.25, -0.2) is 0 Å². The average Bonchev–Trinajstić information content (AvgIpc) is 2.24. The lowest BCUT2D eigenvalue weighted by molar-refractivity contribution is -0.274. The van der Waals surface area contributed by atoms with Crippen molar-refractivity contribution in [2.45, 2.75) is 31.5 Å². The van der Waals surface area contributed by atoms with Crippen molar-refractivity contribution in [3.8, 4) is 5.75 Å². The highest BCUT2D eigenvalue weighted by molar-refractivity contribution is 7.98. The molecule has 0 amide bonds. The van der Waals surface area contributed by atoms with Crippen LogP contribution in [0.15, 0.2) is 24.3 Å². The Bertz CT molecular complexity index is 351. The van der Waals surface area contributed by atoms with Crippen LogP contribution in [-0.2, 0) is 5.75 Å². The molecule has 1 unspecified atom stereocenters. The molecule has 0 radical (unpaired) electrons. The van der Waals surface area contributed by atoms with E-state index in [4.69, 9.17) is 5.73 Å². The first-order valence-electron chi connectivity index (χ1n) is 5.55. The van der Waals surface area contributed by atoms with E-state index in [0.717, 1.165) is 23.5 Å². The fourth-order valence-electron chi connectivity index (χ4n) is 1.25. The molecule has 2 nitrogen and oxygen atoms in total. The lowest BCUT2D eigenvalue weighted by Crippen LogP contribution is -2.17. The first-order chi connectivity index (χ1) is 8.37. The van der Waals surface area contributed by atoms with Gasteiger partial charge in [-0.15, -0.1) is 13.2 Å². The first-order valence-corrected chi connectivity index (χ1v) is 6.70. The van der Waals surface area contributed by atoms with Crippen molar-refractivity contribution < 1.29 is 17.9 Å². The standard InChI is InChI=1S/C12H16F3NOS/c1-9(16)6-7-18-8-10-2-4-11(5-3-10)17-12(13,14)15/h2-5,9H,6-8,16H2,1H3. The molecule has 0 saturated heterocycles. The molecule has 6 heteroatoms. The van der Waals surface area contributed by atoms with Crippen molar-refractivity contribution in [1.29, 1.82) is 0 Å². The maximum Gasteiger partial charge on any atom is 0.573 e. The second kappa shape index (κ2) is 6.89. The van der Waals surface area contributed by atoms with Crippen LogP contribution < -0.4 is 10.5 Å². The van der Waals surface area contributed by atoms with Crippen molar-refractivity contribution in [2.24, 2.45) is 5.73 Å². The Morgan fingerprint density at radius 1 is 1.28 bits per heavy atom. The van der Waals surface area contributed by atoms with Crippen LogP contribution >= 0.6 is 11.8 Å². The highest BCUT2D eigenvalue weighted by atomic mass is 32.2. The molecular weight excluding hydrogens is 263 g/mol. The molecule has 1 aromatic rings. The predicted molar refractivity (Wildman–Crippen MR) is 67.6 cm³/mol. The summed E-state index contributed by atoms with van der Waals surface area (Å²) in [7, 11) is 0. The third-order valence-electron chi connectivity index (χ3n) is 2.14. The molecule has 0 spiro atoms. The number of benzene rings is 1. The Balaban J connectivity index is 2.36. The maximum atomic E-state index is 11.9. The number of rotatable bonds is 6. The van der Waals surface area contributed by atoms with E-state index in [1.807, 2.05) is 6.92 Å². The first kappa shape index (κ1) is 15.2. The van der Waals surface area contributed by atoms with E-state index in [0.29, 0.717) is 0 Å². The molecule has 0 heterocycles. The van der Waals surface area contributed by atoms with Gasteiger partial charge in [0.2, 0.25) is 0 Å². The Morgan fingerprint density at radius 2 is 1.89 bits per heavy atom. The number of hydrogen-bond donors (Lipinski definition) is 1. The zero-order chi connectivity index (χ0) is 13.6. The van der Waals surface area contributed by atoms with Crippen molar-refractivity contribution >= 4 is 11.8 Å². The Hall–Kier alpha value is -0.880. The summed E-state index contributed by atoms with van der Waals surface area (Å²) in [6.45, 7) is 1.95. The molecule has 102 valence electrons. The van der Waals surface area contributed by atoms with Crippen LogP contribution in [0.25, 0.3) is 0 Å². The van der Waals surface area contributed by atoms with E-state index >= 15 is 0 Å². The summed E-state index contributed by atoms with van der Waals surface area (Å²) >= 11 is 1.71. The molecule has 1 atom stereocenters. The lowest BCUT2D eigenvalue weighted by atomic mass is 10.2. The summed E-state index contributed by atoms with van der Waals surface area (Å²) in [5, 5.41) is 0. The van der Waals surface area contributed by atoms with Gasteiger partial charge in [-0.1, -0.05) is 12.1 Å². The topological polar surface area (TPSA) is 35.2 Å². The third-order valence-corrected chi connectivity index (χ3v) is 3.21. The van der Waals surface area contributed by atoms with Gasteiger partial charge < -0.3 is 10.5 Å². The zero-order valence-corrected chi connectivity index (χ0v) is 10.9. The molecule has 0 saturated carbocycles. The smallest absolute Gasteiger partial charge is 0.406 e. The van der Waals surface area contributed by atoms with Crippen molar-refractivity contribution in [1.82, 2.24) is 0 Å². The average molecular weight is 279 g/mol. The van der Waals surface area contributed by atoms with Gasteiger partial charge in [0.15, 0.2) is 0 Å². The molecule has 2 N–H and O–H groups in total. The normalized spacial score (nSPS) is 13.4. The number of hydrogen-bond acceptors (Lipinski definition) is 3. The number of alkyl halides is 3. The molecule has 0 bridgehead atoms. The minimum atomic E-state index is -4.63. The van der Waals surface area contributed by atoms with Gasteiger partial charge in [-0.3, -0.25) is 0 Å². The summed E-state index contributed by atoms with van der Waals surface area (Å²) < 4.78 is 39.6. The van der Waals surface area contributed by atoms with E-state index in [1.54, 1.807) is 23.9 Å². The number of nitrogens with two attached hydrogens (primary N) is 1. The van der Waals surface area contributed by atoms with Crippen molar-refractivity contribution in [3.05, 3.63) is 29.8 Å². The van der Waals surface area contributed by atoms with Crippen LogP contribution in [0, 0.1) is 0 Å². The van der Waals surface area contributed by atoms with E-state index in [-0.39, 0.29) is 11.8 Å². The largest absolute Gasteiger partial charge is 0.573 e.